The number of para-hydroxylation sites is 1. The van der Waals surface area contributed by atoms with Crippen LogP contribution in [0.4, 0.5) is 0 Å². The summed E-state index contributed by atoms with van der Waals surface area (Å²) >= 11 is 3.52. The van der Waals surface area contributed by atoms with Gasteiger partial charge >= 0.3 is 0 Å². The van der Waals surface area contributed by atoms with Gasteiger partial charge in [0.1, 0.15) is 11.5 Å². The molecular weight excluding hydrogens is 460 g/mol. The van der Waals surface area contributed by atoms with Crippen molar-refractivity contribution >= 4 is 38.5 Å². The molecule has 0 atom stereocenters. The van der Waals surface area contributed by atoms with Gasteiger partial charge in [0.15, 0.2) is 6.61 Å². The Bertz CT molecular complexity index is 1070. The van der Waals surface area contributed by atoms with E-state index in [2.05, 4.69) is 40.6 Å². The van der Waals surface area contributed by atoms with Crippen LogP contribution in [-0.2, 0) is 4.79 Å². The number of carbonyl (C=O) groups is 2. The summed E-state index contributed by atoms with van der Waals surface area (Å²) in [6.45, 7) is 4.48. The van der Waals surface area contributed by atoms with Crippen molar-refractivity contribution in [1.29, 1.82) is 0 Å². The van der Waals surface area contributed by atoms with Crippen LogP contribution in [0.2, 0.25) is 0 Å². The highest BCUT2D eigenvalue weighted by Crippen LogP contribution is 2.32. The van der Waals surface area contributed by atoms with Crippen molar-refractivity contribution in [3.8, 4) is 11.5 Å². The minimum Gasteiger partial charge on any atom is -0.493 e. The number of hydrazine groups is 1. The molecule has 2 N–H and O–H groups in total. The molecule has 0 aliphatic rings. The summed E-state index contributed by atoms with van der Waals surface area (Å²) in [6, 6.07) is 18.5. The van der Waals surface area contributed by atoms with Crippen LogP contribution >= 0.6 is 15.9 Å². The van der Waals surface area contributed by atoms with Gasteiger partial charge in [0, 0.05) is 0 Å². The first-order chi connectivity index (χ1) is 15.0. The van der Waals surface area contributed by atoms with Crippen LogP contribution in [0, 0.1) is 5.92 Å². The summed E-state index contributed by atoms with van der Waals surface area (Å²) in [6.07, 6.45) is 0.883. The molecule has 0 aliphatic carbocycles. The summed E-state index contributed by atoms with van der Waals surface area (Å²) in [5, 5.41) is 2.05. The monoisotopic (exact) mass is 484 g/mol. The van der Waals surface area contributed by atoms with E-state index in [9.17, 15) is 9.59 Å². The van der Waals surface area contributed by atoms with E-state index < -0.39 is 11.8 Å². The summed E-state index contributed by atoms with van der Waals surface area (Å²) in [7, 11) is 0. The molecule has 3 aromatic carbocycles. The van der Waals surface area contributed by atoms with Crippen LogP contribution in [0.25, 0.3) is 10.8 Å². The third-order valence-electron chi connectivity index (χ3n) is 4.59. The van der Waals surface area contributed by atoms with E-state index in [1.54, 1.807) is 30.3 Å². The predicted molar refractivity (Wildman–Crippen MR) is 124 cm³/mol. The number of halogens is 1. The fraction of sp³-hybridized carbons (Fsp3) is 0.250. The average Bonchev–Trinajstić information content (AvgIpc) is 2.77. The van der Waals surface area contributed by atoms with Crippen LogP contribution in [-0.4, -0.2) is 25.0 Å². The maximum absolute atomic E-state index is 12.5. The number of hydrogen-bond acceptors (Lipinski definition) is 4. The SMILES string of the molecule is CC(C)CCOc1ccccc1C(=O)NNC(=O)COc1ccc2ccccc2c1Br. The Labute approximate surface area is 190 Å². The molecule has 2 amide bonds. The number of amides is 2. The molecule has 3 rings (SSSR count). The molecule has 0 saturated heterocycles. The summed E-state index contributed by atoms with van der Waals surface area (Å²) in [5.74, 6) is 0.588. The molecule has 0 spiro atoms. The molecule has 31 heavy (non-hydrogen) atoms. The average molecular weight is 485 g/mol. The first-order valence-corrected chi connectivity index (χ1v) is 10.9. The van der Waals surface area contributed by atoms with Crippen molar-refractivity contribution in [1.82, 2.24) is 10.9 Å². The number of ether oxygens (including phenoxy) is 2. The zero-order valence-electron chi connectivity index (χ0n) is 17.5. The highest BCUT2D eigenvalue weighted by Gasteiger charge is 2.14. The van der Waals surface area contributed by atoms with Gasteiger partial charge in [0.2, 0.25) is 0 Å². The summed E-state index contributed by atoms with van der Waals surface area (Å²) in [5.41, 5.74) is 5.14. The van der Waals surface area contributed by atoms with Gasteiger partial charge in [-0.25, -0.2) is 0 Å². The molecule has 0 aliphatic heterocycles. The third-order valence-corrected chi connectivity index (χ3v) is 5.40. The van der Waals surface area contributed by atoms with Gasteiger partial charge in [-0.1, -0.05) is 56.3 Å². The zero-order valence-corrected chi connectivity index (χ0v) is 19.1. The fourth-order valence-electron chi connectivity index (χ4n) is 2.88. The normalized spacial score (nSPS) is 10.7. The fourth-order valence-corrected chi connectivity index (χ4v) is 3.49. The van der Waals surface area contributed by atoms with E-state index in [-0.39, 0.29) is 6.61 Å². The molecule has 7 heteroatoms. The van der Waals surface area contributed by atoms with Gasteiger partial charge in [-0.3, -0.25) is 20.4 Å². The Morgan fingerprint density at radius 2 is 1.65 bits per heavy atom. The Kier molecular flexibility index (Phi) is 7.89. The van der Waals surface area contributed by atoms with Crippen molar-refractivity contribution in [2.75, 3.05) is 13.2 Å². The molecule has 0 saturated carbocycles. The number of benzene rings is 3. The van der Waals surface area contributed by atoms with Gasteiger partial charge in [-0.05, 0) is 57.2 Å². The van der Waals surface area contributed by atoms with Crippen LogP contribution < -0.4 is 20.3 Å². The van der Waals surface area contributed by atoms with Gasteiger partial charge in [-0.15, -0.1) is 0 Å². The molecule has 162 valence electrons. The standard InChI is InChI=1S/C24H25BrN2O4/c1-16(2)13-14-30-20-10-6-5-9-19(20)24(29)27-26-22(28)15-31-21-12-11-17-7-3-4-8-18(17)23(21)25/h3-12,16H,13-15H2,1-2H3,(H,26,28)(H,27,29). The second kappa shape index (κ2) is 10.8. The predicted octanol–water partition coefficient (Wildman–Crippen LogP) is 4.87. The largest absolute Gasteiger partial charge is 0.493 e. The van der Waals surface area contributed by atoms with Crippen molar-refractivity contribution in [2.24, 2.45) is 5.92 Å². The number of hydrogen-bond donors (Lipinski definition) is 2. The zero-order chi connectivity index (χ0) is 22.2. The van der Waals surface area contributed by atoms with E-state index in [0.29, 0.717) is 29.6 Å². The van der Waals surface area contributed by atoms with Gasteiger partial charge in [-0.2, -0.15) is 0 Å². The molecule has 6 nitrogen and oxygen atoms in total. The lowest BCUT2D eigenvalue weighted by Crippen LogP contribution is -2.44. The number of carbonyl (C=O) groups excluding carboxylic acids is 2. The first kappa shape index (κ1) is 22.6. The lowest BCUT2D eigenvalue weighted by Gasteiger charge is -2.13. The highest BCUT2D eigenvalue weighted by atomic mass is 79.9. The molecule has 3 aromatic rings. The van der Waals surface area contributed by atoms with Crippen molar-refractivity contribution in [3.63, 3.8) is 0 Å². The smallest absolute Gasteiger partial charge is 0.276 e. The Morgan fingerprint density at radius 3 is 2.45 bits per heavy atom. The minimum absolute atomic E-state index is 0.246. The second-order valence-corrected chi connectivity index (χ2v) is 8.21. The second-order valence-electron chi connectivity index (χ2n) is 7.42. The van der Waals surface area contributed by atoms with Gasteiger partial charge < -0.3 is 9.47 Å². The van der Waals surface area contributed by atoms with Gasteiger partial charge in [0.25, 0.3) is 11.8 Å². The van der Waals surface area contributed by atoms with Crippen LogP contribution in [0.3, 0.4) is 0 Å². The summed E-state index contributed by atoms with van der Waals surface area (Å²) < 4.78 is 12.1. The van der Waals surface area contributed by atoms with Crippen molar-refractivity contribution in [3.05, 3.63) is 70.7 Å². The Morgan fingerprint density at radius 1 is 0.903 bits per heavy atom. The van der Waals surface area contributed by atoms with Crippen LogP contribution in [0.5, 0.6) is 11.5 Å². The Balaban J connectivity index is 1.53. The van der Waals surface area contributed by atoms with E-state index >= 15 is 0 Å². The topological polar surface area (TPSA) is 76.7 Å². The maximum atomic E-state index is 12.5. The number of fused-ring (bicyclic) bond motifs is 1. The molecule has 0 heterocycles. The van der Waals surface area contributed by atoms with Crippen LogP contribution in [0.15, 0.2) is 65.1 Å². The van der Waals surface area contributed by atoms with Crippen molar-refractivity contribution in [2.45, 2.75) is 20.3 Å². The van der Waals surface area contributed by atoms with E-state index in [4.69, 9.17) is 9.47 Å². The van der Waals surface area contributed by atoms with Crippen LogP contribution in [0.1, 0.15) is 30.6 Å². The first-order valence-electron chi connectivity index (χ1n) is 10.1. The Hall–Kier alpha value is -3.06. The maximum Gasteiger partial charge on any atom is 0.276 e. The van der Waals surface area contributed by atoms with E-state index in [1.165, 1.54) is 0 Å². The van der Waals surface area contributed by atoms with Crippen molar-refractivity contribution < 1.29 is 19.1 Å². The molecule has 0 radical (unpaired) electrons. The summed E-state index contributed by atoms with van der Waals surface area (Å²) in [4.78, 5) is 24.6. The lowest BCUT2D eigenvalue weighted by molar-refractivity contribution is -0.123. The molecule has 0 bridgehead atoms. The third kappa shape index (κ3) is 6.21. The van der Waals surface area contributed by atoms with Gasteiger partial charge in [0.05, 0.1) is 16.6 Å². The quantitative estimate of drug-likeness (QED) is 0.447. The number of nitrogens with one attached hydrogen (secondary N) is 2. The molecule has 0 fully saturated rings. The van der Waals surface area contributed by atoms with E-state index in [0.717, 1.165) is 21.7 Å². The lowest BCUT2D eigenvalue weighted by atomic mass is 10.1. The molecule has 0 unspecified atom stereocenters. The number of rotatable bonds is 8. The van der Waals surface area contributed by atoms with E-state index in [1.807, 2.05) is 30.3 Å². The molecule has 0 aromatic heterocycles. The highest BCUT2D eigenvalue weighted by molar-refractivity contribution is 9.10. The molecular formula is C24H25BrN2O4. The minimum atomic E-state index is -0.480.